The SMILES string of the molecule is O=C(CC1CCCCO1)N1CCCNCC1. The van der Waals surface area contributed by atoms with Crippen LogP contribution in [0.25, 0.3) is 0 Å². The highest BCUT2D eigenvalue weighted by atomic mass is 16.5. The van der Waals surface area contributed by atoms with E-state index >= 15 is 0 Å². The number of carbonyl (C=O) groups is 1. The minimum Gasteiger partial charge on any atom is -0.378 e. The molecule has 0 bridgehead atoms. The van der Waals surface area contributed by atoms with Crippen LogP contribution in [0.15, 0.2) is 0 Å². The predicted octanol–water partition coefficient (Wildman–Crippen LogP) is 0.767. The van der Waals surface area contributed by atoms with Crippen LogP contribution in [0.5, 0.6) is 0 Å². The summed E-state index contributed by atoms with van der Waals surface area (Å²) in [6.45, 7) is 4.55. The minimum atomic E-state index is 0.178. The van der Waals surface area contributed by atoms with Gasteiger partial charge in [0, 0.05) is 26.2 Å². The first kappa shape index (κ1) is 11.9. The van der Waals surface area contributed by atoms with Crippen LogP contribution in [0, 0.1) is 0 Å². The summed E-state index contributed by atoms with van der Waals surface area (Å²) in [5, 5.41) is 3.31. The molecule has 2 aliphatic heterocycles. The zero-order valence-corrected chi connectivity index (χ0v) is 9.91. The Hall–Kier alpha value is -0.610. The molecule has 0 aromatic rings. The summed E-state index contributed by atoms with van der Waals surface area (Å²) < 4.78 is 5.61. The molecule has 2 fully saturated rings. The third-order valence-corrected chi connectivity index (χ3v) is 3.37. The number of carbonyl (C=O) groups excluding carboxylic acids is 1. The lowest BCUT2D eigenvalue weighted by atomic mass is 10.1. The Morgan fingerprint density at radius 1 is 1.25 bits per heavy atom. The second-order valence-corrected chi connectivity index (χ2v) is 4.68. The van der Waals surface area contributed by atoms with Gasteiger partial charge < -0.3 is 15.0 Å². The number of hydrogen-bond donors (Lipinski definition) is 1. The van der Waals surface area contributed by atoms with Crippen LogP contribution in [0.4, 0.5) is 0 Å². The van der Waals surface area contributed by atoms with Crippen LogP contribution in [-0.2, 0) is 9.53 Å². The average molecular weight is 226 g/mol. The third kappa shape index (κ3) is 3.46. The molecule has 16 heavy (non-hydrogen) atoms. The van der Waals surface area contributed by atoms with Crippen molar-refractivity contribution in [3.8, 4) is 0 Å². The molecule has 2 saturated heterocycles. The van der Waals surface area contributed by atoms with E-state index in [1.807, 2.05) is 4.90 Å². The van der Waals surface area contributed by atoms with E-state index in [1.54, 1.807) is 0 Å². The molecule has 92 valence electrons. The lowest BCUT2D eigenvalue weighted by molar-refractivity contribution is -0.134. The maximum absolute atomic E-state index is 12.0. The Bertz CT molecular complexity index is 219. The molecule has 0 aromatic heterocycles. The molecule has 0 spiro atoms. The number of nitrogens with one attached hydrogen (secondary N) is 1. The second-order valence-electron chi connectivity index (χ2n) is 4.68. The Morgan fingerprint density at radius 3 is 3.00 bits per heavy atom. The van der Waals surface area contributed by atoms with E-state index < -0.39 is 0 Å². The average Bonchev–Trinajstić information content (AvgIpc) is 2.59. The van der Waals surface area contributed by atoms with Gasteiger partial charge in [-0.2, -0.15) is 0 Å². The van der Waals surface area contributed by atoms with Crippen LogP contribution in [0.2, 0.25) is 0 Å². The number of nitrogens with zero attached hydrogens (tertiary/aromatic N) is 1. The van der Waals surface area contributed by atoms with Crippen molar-refractivity contribution in [1.29, 1.82) is 0 Å². The Balaban J connectivity index is 1.76. The van der Waals surface area contributed by atoms with Crippen molar-refractivity contribution in [2.24, 2.45) is 0 Å². The quantitative estimate of drug-likeness (QED) is 0.756. The number of hydrogen-bond acceptors (Lipinski definition) is 3. The van der Waals surface area contributed by atoms with E-state index in [0.717, 1.165) is 52.0 Å². The standard InChI is InChI=1S/C12H22N2O2/c15-12(10-11-4-1-2-9-16-11)14-7-3-5-13-6-8-14/h11,13H,1-10H2. The fourth-order valence-corrected chi connectivity index (χ4v) is 2.39. The fraction of sp³-hybridized carbons (Fsp3) is 0.917. The molecular formula is C12H22N2O2. The van der Waals surface area contributed by atoms with Crippen molar-refractivity contribution in [3.05, 3.63) is 0 Å². The highest BCUT2D eigenvalue weighted by Crippen LogP contribution is 2.16. The van der Waals surface area contributed by atoms with Crippen molar-refractivity contribution >= 4 is 5.91 Å². The maximum Gasteiger partial charge on any atom is 0.225 e. The molecule has 0 aromatic carbocycles. The normalized spacial score (nSPS) is 27.5. The summed E-state index contributed by atoms with van der Waals surface area (Å²) in [7, 11) is 0. The highest BCUT2D eigenvalue weighted by Gasteiger charge is 2.21. The third-order valence-electron chi connectivity index (χ3n) is 3.37. The molecule has 0 aliphatic carbocycles. The molecule has 4 heteroatoms. The van der Waals surface area contributed by atoms with Crippen LogP contribution in [0.1, 0.15) is 32.1 Å². The lowest BCUT2D eigenvalue weighted by Gasteiger charge is -2.26. The van der Waals surface area contributed by atoms with Gasteiger partial charge in [-0.3, -0.25) is 4.79 Å². The van der Waals surface area contributed by atoms with Crippen LogP contribution < -0.4 is 5.32 Å². The molecule has 2 rings (SSSR count). The highest BCUT2D eigenvalue weighted by molar-refractivity contribution is 5.76. The first-order valence-electron chi connectivity index (χ1n) is 6.46. The molecule has 4 nitrogen and oxygen atoms in total. The second kappa shape index (κ2) is 6.21. The van der Waals surface area contributed by atoms with Gasteiger partial charge in [0.1, 0.15) is 0 Å². The van der Waals surface area contributed by atoms with Crippen molar-refractivity contribution in [2.75, 3.05) is 32.8 Å². The summed E-state index contributed by atoms with van der Waals surface area (Å²) in [6, 6.07) is 0. The summed E-state index contributed by atoms with van der Waals surface area (Å²) in [6.07, 6.45) is 5.24. The topological polar surface area (TPSA) is 41.6 Å². The monoisotopic (exact) mass is 226 g/mol. The molecule has 1 amide bonds. The van der Waals surface area contributed by atoms with Gasteiger partial charge in [-0.15, -0.1) is 0 Å². The number of amides is 1. The van der Waals surface area contributed by atoms with E-state index in [-0.39, 0.29) is 12.0 Å². The van der Waals surface area contributed by atoms with E-state index in [0.29, 0.717) is 6.42 Å². The Labute approximate surface area is 97.3 Å². The first-order chi connectivity index (χ1) is 7.86. The van der Waals surface area contributed by atoms with Gasteiger partial charge in [0.2, 0.25) is 5.91 Å². The molecule has 2 heterocycles. The first-order valence-corrected chi connectivity index (χ1v) is 6.46. The van der Waals surface area contributed by atoms with E-state index in [4.69, 9.17) is 4.74 Å². The largest absolute Gasteiger partial charge is 0.378 e. The minimum absolute atomic E-state index is 0.178. The fourth-order valence-electron chi connectivity index (χ4n) is 2.39. The zero-order valence-electron chi connectivity index (χ0n) is 9.91. The van der Waals surface area contributed by atoms with Gasteiger partial charge in [-0.05, 0) is 32.2 Å². The van der Waals surface area contributed by atoms with Crippen LogP contribution >= 0.6 is 0 Å². The summed E-state index contributed by atoms with van der Waals surface area (Å²) in [5.74, 6) is 0.274. The zero-order chi connectivity index (χ0) is 11.2. The van der Waals surface area contributed by atoms with Gasteiger partial charge in [0.25, 0.3) is 0 Å². The van der Waals surface area contributed by atoms with Crippen molar-refractivity contribution < 1.29 is 9.53 Å². The van der Waals surface area contributed by atoms with E-state index in [1.165, 1.54) is 6.42 Å². The van der Waals surface area contributed by atoms with Crippen molar-refractivity contribution in [2.45, 2.75) is 38.2 Å². The van der Waals surface area contributed by atoms with Gasteiger partial charge in [-0.25, -0.2) is 0 Å². The molecule has 1 atom stereocenters. The molecule has 2 aliphatic rings. The van der Waals surface area contributed by atoms with Gasteiger partial charge >= 0.3 is 0 Å². The predicted molar refractivity (Wildman–Crippen MR) is 62.3 cm³/mol. The molecule has 0 radical (unpaired) electrons. The molecule has 1 N–H and O–H groups in total. The summed E-state index contributed by atoms with van der Waals surface area (Å²) in [4.78, 5) is 14.0. The van der Waals surface area contributed by atoms with E-state index in [2.05, 4.69) is 5.32 Å². The van der Waals surface area contributed by atoms with Gasteiger partial charge in [-0.1, -0.05) is 0 Å². The maximum atomic E-state index is 12.0. The number of ether oxygens (including phenoxy) is 1. The smallest absolute Gasteiger partial charge is 0.225 e. The lowest BCUT2D eigenvalue weighted by Crippen LogP contribution is -2.37. The van der Waals surface area contributed by atoms with Crippen LogP contribution in [-0.4, -0.2) is 49.7 Å². The van der Waals surface area contributed by atoms with Crippen molar-refractivity contribution in [1.82, 2.24) is 10.2 Å². The molecular weight excluding hydrogens is 204 g/mol. The van der Waals surface area contributed by atoms with Gasteiger partial charge in [0.15, 0.2) is 0 Å². The Morgan fingerprint density at radius 2 is 2.19 bits per heavy atom. The van der Waals surface area contributed by atoms with Gasteiger partial charge in [0.05, 0.1) is 12.5 Å². The van der Waals surface area contributed by atoms with E-state index in [9.17, 15) is 4.79 Å². The molecule has 0 saturated carbocycles. The van der Waals surface area contributed by atoms with Crippen LogP contribution in [0.3, 0.4) is 0 Å². The Kier molecular flexibility index (Phi) is 4.60. The summed E-state index contributed by atoms with van der Waals surface area (Å²) >= 11 is 0. The molecule has 1 unspecified atom stereocenters. The number of rotatable bonds is 2. The summed E-state index contributed by atoms with van der Waals surface area (Å²) in [5.41, 5.74) is 0. The van der Waals surface area contributed by atoms with Crippen molar-refractivity contribution in [3.63, 3.8) is 0 Å².